The first-order chi connectivity index (χ1) is 5.16. The fourth-order valence-corrected chi connectivity index (χ4v) is 3.29. The topological polar surface area (TPSA) is 60.2 Å². The van der Waals surface area contributed by atoms with Crippen LogP contribution in [0, 0.1) is 5.41 Å². The van der Waals surface area contributed by atoms with Crippen LogP contribution in [0.15, 0.2) is 0 Å². The van der Waals surface area contributed by atoms with Gasteiger partial charge in [0, 0.05) is 17.2 Å². The summed E-state index contributed by atoms with van der Waals surface area (Å²) >= 11 is 0. The SMILES string of the molecule is CC(C)(N)C1(CS(C)(=O)=O)CC1. The third-order valence-electron chi connectivity index (χ3n) is 2.76. The van der Waals surface area contributed by atoms with E-state index in [1.54, 1.807) is 0 Å². The molecule has 0 spiro atoms. The first-order valence-electron chi connectivity index (χ1n) is 4.13. The summed E-state index contributed by atoms with van der Waals surface area (Å²) in [7, 11) is -2.88. The van der Waals surface area contributed by atoms with E-state index in [-0.39, 0.29) is 16.7 Å². The second kappa shape index (κ2) is 2.45. The lowest BCUT2D eigenvalue weighted by Crippen LogP contribution is -2.45. The molecule has 3 nitrogen and oxygen atoms in total. The van der Waals surface area contributed by atoms with Crippen molar-refractivity contribution in [3.05, 3.63) is 0 Å². The molecule has 0 aromatic carbocycles. The Labute approximate surface area is 74.3 Å². The van der Waals surface area contributed by atoms with Crippen molar-refractivity contribution in [2.75, 3.05) is 12.0 Å². The van der Waals surface area contributed by atoms with E-state index in [9.17, 15) is 8.42 Å². The summed E-state index contributed by atoms with van der Waals surface area (Å²) in [6.45, 7) is 3.82. The molecule has 1 aliphatic rings. The van der Waals surface area contributed by atoms with E-state index in [2.05, 4.69) is 0 Å². The summed E-state index contributed by atoms with van der Waals surface area (Å²) in [5.74, 6) is 0.240. The largest absolute Gasteiger partial charge is 0.325 e. The third kappa shape index (κ3) is 1.98. The molecule has 0 unspecified atom stereocenters. The Morgan fingerprint density at radius 3 is 1.92 bits per heavy atom. The maximum Gasteiger partial charge on any atom is 0.148 e. The standard InChI is InChI=1S/C8H17NO2S/c1-7(2,9)8(4-5-8)6-12(3,10)11/h4-6,9H2,1-3H3. The van der Waals surface area contributed by atoms with Gasteiger partial charge in [0.05, 0.1) is 5.75 Å². The normalized spacial score (nSPS) is 22.3. The highest BCUT2D eigenvalue weighted by atomic mass is 32.2. The van der Waals surface area contributed by atoms with Gasteiger partial charge in [-0.15, -0.1) is 0 Å². The van der Waals surface area contributed by atoms with Crippen LogP contribution in [0.4, 0.5) is 0 Å². The lowest BCUT2D eigenvalue weighted by Gasteiger charge is -2.29. The minimum atomic E-state index is -2.88. The molecular formula is C8H17NO2S. The van der Waals surface area contributed by atoms with Crippen LogP contribution in [-0.4, -0.2) is 26.0 Å². The molecule has 1 rings (SSSR count). The molecular weight excluding hydrogens is 174 g/mol. The van der Waals surface area contributed by atoms with E-state index in [0.29, 0.717) is 0 Å². The average Bonchev–Trinajstić information content (AvgIpc) is 2.39. The van der Waals surface area contributed by atoms with Gasteiger partial charge in [-0.25, -0.2) is 8.42 Å². The zero-order valence-corrected chi connectivity index (χ0v) is 8.74. The maximum atomic E-state index is 11.1. The smallest absolute Gasteiger partial charge is 0.148 e. The first-order valence-corrected chi connectivity index (χ1v) is 6.19. The molecule has 0 aromatic heterocycles. The number of hydrogen-bond donors (Lipinski definition) is 1. The van der Waals surface area contributed by atoms with Gasteiger partial charge in [-0.2, -0.15) is 0 Å². The molecule has 4 heteroatoms. The number of nitrogens with two attached hydrogens (primary N) is 1. The number of hydrogen-bond acceptors (Lipinski definition) is 3. The quantitative estimate of drug-likeness (QED) is 0.708. The van der Waals surface area contributed by atoms with Crippen molar-refractivity contribution in [3.8, 4) is 0 Å². The second-order valence-corrected chi connectivity index (χ2v) is 6.71. The molecule has 0 saturated heterocycles. The van der Waals surface area contributed by atoms with Gasteiger partial charge in [-0.3, -0.25) is 0 Å². The molecule has 0 heterocycles. The van der Waals surface area contributed by atoms with Crippen molar-refractivity contribution in [3.63, 3.8) is 0 Å². The molecule has 1 saturated carbocycles. The molecule has 0 radical (unpaired) electrons. The van der Waals surface area contributed by atoms with E-state index in [4.69, 9.17) is 5.73 Å². The monoisotopic (exact) mass is 191 g/mol. The van der Waals surface area contributed by atoms with Crippen LogP contribution in [0.2, 0.25) is 0 Å². The van der Waals surface area contributed by atoms with Crippen LogP contribution >= 0.6 is 0 Å². The first kappa shape index (κ1) is 9.99. The van der Waals surface area contributed by atoms with Crippen LogP contribution in [-0.2, 0) is 9.84 Å². The van der Waals surface area contributed by atoms with E-state index in [1.165, 1.54) is 6.26 Å². The Hall–Kier alpha value is -0.0900. The lowest BCUT2D eigenvalue weighted by molar-refractivity contribution is 0.325. The van der Waals surface area contributed by atoms with Crippen LogP contribution in [0.5, 0.6) is 0 Å². The lowest BCUT2D eigenvalue weighted by atomic mass is 9.87. The van der Waals surface area contributed by atoms with Gasteiger partial charge in [0.2, 0.25) is 0 Å². The van der Waals surface area contributed by atoms with Gasteiger partial charge in [-0.1, -0.05) is 0 Å². The van der Waals surface area contributed by atoms with Crippen LogP contribution in [0.1, 0.15) is 26.7 Å². The van der Waals surface area contributed by atoms with Crippen LogP contribution in [0.25, 0.3) is 0 Å². The average molecular weight is 191 g/mol. The Morgan fingerprint density at radius 1 is 1.42 bits per heavy atom. The zero-order valence-electron chi connectivity index (χ0n) is 7.92. The number of rotatable bonds is 3. The highest BCUT2D eigenvalue weighted by Gasteiger charge is 2.54. The maximum absolute atomic E-state index is 11.1. The van der Waals surface area contributed by atoms with Crippen molar-refractivity contribution in [1.82, 2.24) is 0 Å². The molecule has 0 aliphatic heterocycles. The molecule has 0 bridgehead atoms. The van der Waals surface area contributed by atoms with Crippen molar-refractivity contribution < 1.29 is 8.42 Å². The summed E-state index contributed by atoms with van der Waals surface area (Å²) in [4.78, 5) is 0. The van der Waals surface area contributed by atoms with Crippen molar-refractivity contribution in [2.45, 2.75) is 32.2 Å². The van der Waals surface area contributed by atoms with Gasteiger partial charge in [0.1, 0.15) is 9.84 Å². The Balaban J connectivity index is 2.76. The summed E-state index contributed by atoms with van der Waals surface area (Å²) in [5.41, 5.74) is 5.42. The Morgan fingerprint density at radius 2 is 1.83 bits per heavy atom. The van der Waals surface area contributed by atoms with Crippen molar-refractivity contribution in [2.24, 2.45) is 11.1 Å². The highest BCUT2D eigenvalue weighted by Crippen LogP contribution is 2.53. The molecule has 1 fully saturated rings. The summed E-state index contributed by atoms with van der Waals surface area (Å²) in [5, 5.41) is 0. The van der Waals surface area contributed by atoms with Crippen molar-refractivity contribution >= 4 is 9.84 Å². The molecule has 0 aromatic rings. The van der Waals surface area contributed by atoms with E-state index in [1.807, 2.05) is 13.8 Å². The molecule has 2 N–H and O–H groups in total. The summed E-state index contributed by atoms with van der Waals surface area (Å²) in [6.07, 6.45) is 3.17. The molecule has 1 aliphatic carbocycles. The fourth-order valence-electron chi connectivity index (χ4n) is 1.63. The summed E-state index contributed by atoms with van der Waals surface area (Å²) in [6, 6.07) is 0. The molecule has 0 atom stereocenters. The third-order valence-corrected chi connectivity index (χ3v) is 3.84. The molecule has 0 amide bonds. The van der Waals surface area contributed by atoms with Gasteiger partial charge >= 0.3 is 0 Å². The Bertz CT molecular complexity index is 270. The predicted molar refractivity (Wildman–Crippen MR) is 49.6 cm³/mol. The fraction of sp³-hybridized carbons (Fsp3) is 1.00. The zero-order chi connectivity index (χ0) is 9.62. The van der Waals surface area contributed by atoms with E-state index in [0.717, 1.165) is 12.8 Å². The van der Waals surface area contributed by atoms with Gasteiger partial charge in [0.15, 0.2) is 0 Å². The minimum absolute atomic E-state index is 0.138. The molecule has 72 valence electrons. The van der Waals surface area contributed by atoms with Crippen molar-refractivity contribution in [1.29, 1.82) is 0 Å². The van der Waals surface area contributed by atoms with E-state index >= 15 is 0 Å². The minimum Gasteiger partial charge on any atom is -0.325 e. The van der Waals surface area contributed by atoms with Crippen LogP contribution in [0.3, 0.4) is 0 Å². The highest BCUT2D eigenvalue weighted by molar-refractivity contribution is 7.90. The summed E-state index contributed by atoms with van der Waals surface area (Å²) < 4.78 is 22.2. The second-order valence-electron chi connectivity index (χ2n) is 4.57. The number of sulfone groups is 1. The van der Waals surface area contributed by atoms with Gasteiger partial charge in [-0.05, 0) is 26.7 Å². The Kier molecular flexibility index (Phi) is 2.04. The molecule has 12 heavy (non-hydrogen) atoms. The van der Waals surface area contributed by atoms with Crippen LogP contribution < -0.4 is 5.73 Å². The van der Waals surface area contributed by atoms with Gasteiger partial charge < -0.3 is 5.73 Å². The van der Waals surface area contributed by atoms with Gasteiger partial charge in [0.25, 0.3) is 0 Å². The van der Waals surface area contributed by atoms with E-state index < -0.39 is 9.84 Å². The predicted octanol–water partition coefficient (Wildman–Crippen LogP) is 0.548.